The first-order valence-electron chi connectivity index (χ1n) is 4.67. The van der Waals surface area contributed by atoms with Crippen LogP contribution in [-0.4, -0.2) is 33.0 Å². The Morgan fingerprint density at radius 2 is 2.36 bits per heavy atom. The van der Waals surface area contributed by atoms with Crippen molar-refractivity contribution in [3.05, 3.63) is 12.2 Å². The van der Waals surface area contributed by atoms with Crippen molar-refractivity contribution in [1.82, 2.24) is 20.1 Å². The van der Waals surface area contributed by atoms with Gasteiger partial charge in [-0.25, -0.2) is 4.98 Å². The van der Waals surface area contributed by atoms with Crippen LogP contribution in [-0.2, 0) is 11.3 Å². The number of H-pyrrole nitrogens is 1. The van der Waals surface area contributed by atoms with E-state index in [4.69, 9.17) is 0 Å². The molecule has 0 unspecified atom stereocenters. The molecule has 0 fully saturated rings. The lowest BCUT2D eigenvalue weighted by Crippen LogP contribution is -2.27. The van der Waals surface area contributed by atoms with E-state index in [1.165, 1.54) is 6.33 Å². The lowest BCUT2D eigenvalue weighted by Gasteiger charge is -2.16. The zero-order valence-electron chi connectivity index (χ0n) is 8.82. The van der Waals surface area contributed by atoms with E-state index in [0.29, 0.717) is 24.7 Å². The number of rotatable bonds is 4. The first-order chi connectivity index (χ1) is 6.59. The van der Waals surface area contributed by atoms with Gasteiger partial charge >= 0.3 is 0 Å². The molecule has 14 heavy (non-hydrogen) atoms. The highest BCUT2D eigenvalue weighted by atomic mass is 16.2. The van der Waals surface area contributed by atoms with Gasteiger partial charge in [0.1, 0.15) is 12.2 Å². The predicted octanol–water partition coefficient (Wildman–Crippen LogP) is 0.809. The van der Waals surface area contributed by atoms with Crippen molar-refractivity contribution < 1.29 is 4.79 Å². The maximum atomic E-state index is 11.5. The lowest BCUT2D eigenvalue weighted by atomic mass is 10.1. The van der Waals surface area contributed by atoms with Crippen LogP contribution in [0.4, 0.5) is 0 Å². The van der Waals surface area contributed by atoms with Gasteiger partial charge < -0.3 is 4.90 Å². The van der Waals surface area contributed by atoms with Crippen LogP contribution < -0.4 is 0 Å². The zero-order valence-corrected chi connectivity index (χ0v) is 8.82. The van der Waals surface area contributed by atoms with Crippen LogP contribution in [0.3, 0.4) is 0 Å². The number of aromatic nitrogens is 3. The summed E-state index contributed by atoms with van der Waals surface area (Å²) in [6, 6.07) is 0. The van der Waals surface area contributed by atoms with Crippen molar-refractivity contribution in [2.45, 2.75) is 26.8 Å². The number of hydrogen-bond donors (Lipinski definition) is 1. The largest absolute Gasteiger partial charge is 0.338 e. The van der Waals surface area contributed by atoms with Crippen LogP contribution in [0.15, 0.2) is 6.33 Å². The van der Waals surface area contributed by atoms with Gasteiger partial charge in [-0.1, -0.05) is 13.8 Å². The van der Waals surface area contributed by atoms with Gasteiger partial charge in [0.25, 0.3) is 0 Å². The fourth-order valence-electron chi connectivity index (χ4n) is 1.12. The van der Waals surface area contributed by atoms with E-state index in [-0.39, 0.29) is 5.91 Å². The van der Waals surface area contributed by atoms with Gasteiger partial charge in [0.2, 0.25) is 5.91 Å². The number of nitrogens with zero attached hydrogens (tertiary/aromatic N) is 3. The van der Waals surface area contributed by atoms with Crippen LogP contribution in [0.1, 0.15) is 26.1 Å². The minimum absolute atomic E-state index is 0.136. The molecule has 5 nitrogen and oxygen atoms in total. The second-order valence-electron chi connectivity index (χ2n) is 3.78. The van der Waals surface area contributed by atoms with Crippen molar-refractivity contribution >= 4 is 5.91 Å². The average molecular weight is 196 g/mol. The van der Waals surface area contributed by atoms with Gasteiger partial charge in [-0.3, -0.25) is 9.89 Å². The Hall–Kier alpha value is -1.39. The van der Waals surface area contributed by atoms with Crippen molar-refractivity contribution in [1.29, 1.82) is 0 Å². The number of carbonyl (C=O) groups excluding carboxylic acids is 1. The molecule has 1 amide bonds. The topological polar surface area (TPSA) is 61.9 Å². The summed E-state index contributed by atoms with van der Waals surface area (Å²) in [5.41, 5.74) is 0. The first kappa shape index (κ1) is 10.7. The van der Waals surface area contributed by atoms with Gasteiger partial charge in [0.15, 0.2) is 0 Å². The van der Waals surface area contributed by atoms with Gasteiger partial charge in [0, 0.05) is 13.5 Å². The highest BCUT2D eigenvalue weighted by Crippen LogP contribution is 2.04. The summed E-state index contributed by atoms with van der Waals surface area (Å²) in [5, 5.41) is 6.44. The molecule has 0 saturated carbocycles. The molecule has 1 aromatic rings. The molecule has 1 heterocycles. The predicted molar refractivity (Wildman–Crippen MR) is 52.3 cm³/mol. The number of carbonyl (C=O) groups is 1. The Morgan fingerprint density at radius 3 is 2.86 bits per heavy atom. The molecule has 1 aromatic heterocycles. The standard InChI is InChI=1S/C9H16N4O/c1-7(2)4-9(14)13(3)5-8-10-6-11-12-8/h6-7H,4-5H2,1-3H3,(H,10,11,12). The highest BCUT2D eigenvalue weighted by molar-refractivity contribution is 5.75. The second-order valence-corrected chi connectivity index (χ2v) is 3.78. The molecule has 0 aliphatic carbocycles. The molecule has 0 aromatic carbocycles. The smallest absolute Gasteiger partial charge is 0.222 e. The normalized spacial score (nSPS) is 10.6. The van der Waals surface area contributed by atoms with Gasteiger partial charge in [-0.05, 0) is 5.92 Å². The van der Waals surface area contributed by atoms with Gasteiger partial charge in [0.05, 0.1) is 6.54 Å². The molecule has 0 saturated heterocycles. The Balaban J connectivity index is 2.42. The van der Waals surface area contributed by atoms with Crippen molar-refractivity contribution in [2.24, 2.45) is 5.92 Å². The number of hydrogen-bond acceptors (Lipinski definition) is 3. The van der Waals surface area contributed by atoms with Gasteiger partial charge in [-0.2, -0.15) is 5.10 Å². The monoisotopic (exact) mass is 196 g/mol. The van der Waals surface area contributed by atoms with Crippen LogP contribution in [0.2, 0.25) is 0 Å². The molecule has 0 atom stereocenters. The van der Waals surface area contributed by atoms with E-state index in [1.54, 1.807) is 11.9 Å². The molecule has 5 heteroatoms. The molecule has 0 bridgehead atoms. The van der Waals surface area contributed by atoms with E-state index in [9.17, 15) is 4.79 Å². The third-order valence-corrected chi connectivity index (χ3v) is 1.86. The molecule has 78 valence electrons. The van der Waals surface area contributed by atoms with Crippen molar-refractivity contribution in [3.8, 4) is 0 Å². The van der Waals surface area contributed by atoms with Crippen LogP contribution >= 0.6 is 0 Å². The summed E-state index contributed by atoms with van der Waals surface area (Å²) in [6.07, 6.45) is 2.01. The molecule has 0 spiro atoms. The molecule has 0 aliphatic heterocycles. The van der Waals surface area contributed by atoms with E-state index >= 15 is 0 Å². The van der Waals surface area contributed by atoms with E-state index in [2.05, 4.69) is 15.2 Å². The maximum absolute atomic E-state index is 11.5. The summed E-state index contributed by atoms with van der Waals surface area (Å²) in [7, 11) is 1.77. The van der Waals surface area contributed by atoms with Crippen LogP contribution in [0, 0.1) is 5.92 Å². The average Bonchev–Trinajstić information content (AvgIpc) is 2.55. The Bertz CT molecular complexity index is 281. The maximum Gasteiger partial charge on any atom is 0.222 e. The zero-order chi connectivity index (χ0) is 10.6. The first-order valence-corrected chi connectivity index (χ1v) is 4.67. The summed E-state index contributed by atoms with van der Waals surface area (Å²) in [4.78, 5) is 17.2. The van der Waals surface area contributed by atoms with E-state index in [0.717, 1.165) is 0 Å². The van der Waals surface area contributed by atoms with Crippen LogP contribution in [0.5, 0.6) is 0 Å². The SMILES string of the molecule is CC(C)CC(=O)N(C)Cc1ncn[nH]1. The highest BCUT2D eigenvalue weighted by Gasteiger charge is 2.11. The fraction of sp³-hybridized carbons (Fsp3) is 0.667. The van der Waals surface area contributed by atoms with Crippen molar-refractivity contribution in [3.63, 3.8) is 0 Å². The second kappa shape index (κ2) is 4.74. The van der Waals surface area contributed by atoms with Crippen LogP contribution in [0.25, 0.3) is 0 Å². The van der Waals surface area contributed by atoms with E-state index < -0.39 is 0 Å². The Morgan fingerprint density at radius 1 is 1.64 bits per heavy atom. The quantitative estimate of drug-likeness (QED) is 0.775. The third kappa shape index (κ3) is 3.16. The minimum atomic E-state index is 0.136. The molecule has 0 radical (unpaired) electrons. The Labute approximate surface area is 83.5 Å². The lowest BCUT2D eigenvalue weighted by molar-refractivity contribution is -0.131. The fourth-order valence-corrected chi connectivity index (χ4v) is 1.12. The number of aromatic amines is 1. The summed E-state index contributed by atoms with van der Waals surface area (Å²) in [5.74, 6) is 1.24. The summed E-state index contributed by atoms with van der Waals surface area (Å²) < 4.78 is 0. The number of amides is 1. The molecular weight excluding hydrogens is 180 g/mol. The number of nitrogens with one attached hydrogen (secondary N) is 1. The third-order valence-electron chi connectivity index (χ3n) is 1.86. The van der Waals surface area contributed by atoms with Gasteiger partial charge in [-0.15, -0.1) is 0 Å². The molecule has 0 aliphatic rings. The molecule has 1 N–H and O–H groups in total. The summed E-state index contributed by atoms with van der Waals surface area (Å²) in [6.45, 7) is 4.55. The van der Waals surface area contributed by atoms with Crippen molar-refractivity contribution in [2.75, 3.05) is 7.05 Å². The molecular formula is C9H16N4O. The Kier molecular flexibility index (Phi) is 3.62. The molecule has 1 rings (SSSR count). The summed E-state index contributed by atoms with van der Waals surface area (Å²) >= 11 is 0. The minimum Gasteiger partial charge on any atom is -0.338 e. The van der Waals surface area contributed by atoms with E-state index in [1.807, 2.05) is 13.8 Å².